The molecule has 2 fully saturated rings. The Labute approximate surface area is 116 Å². The van der Waals surface area contributed by atoms with Gasteiger partial charge in [-0.1, -0.05) is 26.7 Å². The molecule has 1 amide bonds. The minimum Gasteiger partial charge on any atom is -0.375 e. The number of carbonyl (C=O) groups is 1. The Bertz CT molecular complexity index is 299. The van der Waals surface area contributed by atoms with Crippen molar-refractivity contribution < 1.29 is 9.53 Å². The summed E-state index contributed by atoms with van der Waals surface area (Å²) >= 11 is 0. The number of hydrogen-bond donors (Lipinski definition) is 2. The van der Waals surface area contributed by atoms with Gasteiger partial charge in [-0.25, -0.2) is 0 Å². The first-order valence-electron chi connectivity index (χ1n) is 7.74. The van der Waals surface area contributed by atoms with Crippen LogP contribution in [0.4, 0.5) is 0 Å². The van der Waals surface area contributed by atoms with Crippen LogP contribution in [-0.2, 0) is 9.53 Å². The minimum absolute atomic E-state index is 0.112. The van der Waals surface area contributed by atoms with Crippen LogP contribution >= 0.6 is 0 Å². The second-order valence-electron chi connectivity index (χ2n) is 6.51. The minimum atomic E-state index is 0.112. The average molecular weight is 268 g/mol. The van der Waals surface area contributed by atoms with E-state index in [0.29, 0.717) is 18.5 Å². The maximum Gasteiger partial charge on any atom is 0.233 e. The van der Waals surface area contributed by atoms with Crippen LogP contribution in [0.5, 0.6) is 0 Å². The van der Waals surface area contributed by atoms with E-state index in [4.69, 9.17) is 4.74 Å². The molecule has 1 unspecified atom stereocenters. The van der Waals surface area contributed by atoms with Gasteiger partial charge in [0.25, 0.3) is 0 Å². The van der Waals surface area contributed by atoms with Gasteiger partial charge in [0.1, 0.15) is 0 Å². The highest BCUT2D eigenvalue weighted by Gasteiger charge is 2.39. The second-order valence-corrected chi connectivity index (χ2v) is 6.51. The average Bonchev–Trinajstić information content (AvgIpc) is 2.82. The molecule has 2 rings (SSSR count). The third kappa shape index (κ3) is 4.46. The maximum atomic E-state index is 11.7. The summed E-state index contributed by atoms with van der Waals surface area (Å²) in [6.45, 7) is 6.25. The molecule has 2 N–H and O–H groups in total. The van der Waals surface area contributed by atoms with Crippen LogP contribution in [0.1, 0.15) is 52.4 Å². The summed E-state index contributed by atoms with van der Waals surface area (Å²) in [5.74, 6) is 0.620. The van der Waals surface area contributed by atoms with Crippen molar-refractivity contribution in [2.45, 2.75) is 64.0 Å². The number of nitrogens with one attached hydrogen (secondary N) is 2. The molecule has 0 aromatic heterocycles. The first kappa shape index (κ1) is 14.8. The number of rotatable bonds is 5. The van der Waals surface area contributed by atoms with Crippen molar-refractivity contribution in [3.63, 3.8) is 0 Å². The quantitative estimate of drug-likeness (QED) is 0.800. The molecular weight excluding hydrogens is 240 g/mol. The highest BCUT2D eigenvalue weighted by Crippen LogP contribution is 2.39. The van der Waals surface area contributed by atoms with Gasteiger partial charge in [-0.05, 0) is 31.6 Å². The molecule has 1 saturated heterocycles. The zero-order valence-electron chi connectivity index (χ0n) is 12.3. The predicted molar refractivity (Wildman–Crippen MR) is 76.0 cm³/mol. The molecule has 0 radical (unpaired) electrons. The van der Waals surface area contributed by atoms with E-state index in [1.165, 1.54) is 25.7 Å². The van der Waals surface area contributed by atoms with E-state index in [9.17, 15) is 4.79 Å². The van der Waals surface area contributed by atoms with E-state index in [2.05, 4.69) is 24.5 Å². The fraction of sp³-hybridized carbons (Fsp3) is 0.933. The molecule has 0 aromatic rings. The Morgan fingerprint density at radius 3 is 2.79 bits per heavy atom. The Kier molecular flexibility index (Phi) is 5.22. The molecule has 1 atom stereocenters. The number of carbonyl (C=O) groups excluding carboxylic acids is 1. The summed E-state index contributed by atoms with van der Waals surface area (Å²) in [4.78, 5) is 11.7. The molecule has 1 aliphatic carbocycles. The lowest BCUT2D eigenvalue weighted by molar-refractivity contribution is -0.121. The van der Waals surface area contributed by atoms with Crippen molar-refractivity contribution in [2.75, 3.05) is 19.7 Å². The highest BCUT2D eigenvalue weighted by molar-refractivity contribution is 5.77. The smallest absolute Gasteiger partial charge is 0.233 e. The monoisotopic (exact) mass is 268 g/mol. The van der Waals surface area contributed by atoms with Gasteiger partial charge in [-0.3, -0.25) is 4.79 Å². The van der Waals surface area contributed by atoms with Crippen LogP contribution in [0, 0.1) is 5.92 Å². The summed E-state index contributed by atoms with van der Waals surface area (Å²) in [6.07, 6.45) is 7.09. The van der Waals surface area contributed by atoms with Gasteiger partial charge in [0.15, 0.2) is 0 Å². The van der Waals surface area contributed by atoms with Crippen LogP contribution in [0.15, 0.2) is 0 Å². The molecule has 4 nitrogen and oxygen atoms in total. The van der Waals surface area contributed by atoms with E-state index in [1.807, 2.05) is 0 Å². The highest BCUT2D eigenvalue weighted by atomic mass is 16.5. The molecule has 0 aromatic carbocycles. The SMILES string of the molecule is CC(C)CNC(=O)CNC1CCOC2(CCCC2)C1. The lowest BCUT2D eigenvalue weighted by Crippen LogP contribution is -2.48. The lowest BCUT2D eigenvalue weighted by Gasteiger charge is -2.38. The summed E-state index contributed by atoms with van der Waals surface area (Å²) in [5.41, 5.74) is 0.129. The van der Waals surface area contributed by atoms with E-state index in [0.717, 1.165) is 26.0 Å². The van der Waals surface area contributed by atoms with E-state index >= 15 is 0 Å². The van der Waals surface area contributed by atoms with Gasteiger partial charge in [-0.15, -0.1) is 0 Å². The van der Waals surface area contributed by atoms with Gasteiger partial charge in [0, 0.05) is 19.2 Å². The van der Waals surface area contributed by atoms with Crippen LogP contribution in [0.3, 0.4) is 0 Å². The van der Waals surface area contributed by atoms with Crippen molar-refractivity contribution >= 4 is 5.91 Å². The Morgan fingerprint density at radius 2 is 2.11 bits per heavy atom. The fourth-order valence-corrected chi connectivity index (χ4v) is 3.19. The molecule has 2 aliphatic rings. The second kappa shape index (κ2) is 6.71. The third-order valence-electron chi connectivity index (χ3n) is 4.27. The standard InChI is InChI=1S/C15H28N2O2/c1-12(2)10-17-14(18)11-16-13-5-8-19-15(9-13)6-3-4-7-15/h12-13,16H,3-11H2,1-2H3,(H,17,18). The normalized spacial score (nSPS) is 25.9. The summed E-state index contributed by atoms with van der Waals surface area (Å²) in [7, 11) is 0. The van der Waals surface area contributed by atoms with Crippen LogP contribution in [0.2, 0.25) is 0 Å². The first-order chi connectivity index (χ1) is 9.10. The van der Waals surface area contributed by atoms with Gasteiger partial charge in [0.2, 0.25) is 5.91 Å². The topological polar surface area (TPSA) is 50.4 Å². The van der Waals surface area contributed by atoms with Crippen LogP contribution < -0.4 is 10.6 Å². The summed E-state index contributed by atoms with van der Waals surface area (Å²) < 4.78 is 6.00. The largest absolute Gasteiger partial charge is 0.375 e. The molecule has 1 heterocycles. The molecule has 4 heteroatoms. The Morgan fingerprint density at radius 1 is 1.37 bits per heavy atom. The molecule has 0 bridgehead atoms. The van der Waals surface area contributed by atoms with Crippen molar-refractivity contribution in [1.82, 2.24) is 10.6 Å². The molecule has 1 aliphatic heterocycles. The summed E-state index contributed by atoms with van der Waals surface area (Å²) in [5, 5.41) is 6.35. The van der Waals surface area contributed by atoms with Gasteiger partial charge in [0.05, 0.1) is 12.1 Å². The predicted octanol–water partition coefficient (Wildman–Crippen LogP) is 1.84. The zero-order chi connectivity index (χ0) is 13.7. The van der Waals surface area contributed by atoms with E-state index < -0.39 is 0 Å². The maximum absolute atomic E-state index is 11.7. The van der Waals surface area contributed by atoms with Crippen LogP contribution in [-0.4, -0.2) is 37.2 Å². The van der Waals surface area contributed by atoms with Crippen LogP contribution in [0.25, 0.3) is 0 Å². The number of ether oxygens (including phenoxy) is 1. The first-order valence-corrected chi connectivity index (χ1v) is 7.74. The molecule has 1 saturated carbocycles. The van der Waals surface area contributed by atoms with Gasteiger partial charge >= 0.3 is 0 Å². The van der Waals surface area contributed by atoms with E-state index in [1.54, 1.807) is 0 Å². The Balaban J connectivity index is 1.69. The third-order valence-corrected chi connectivity index (χ3v) is 4.27. The summed E-state index contributed by atoms with van der Waals surface area (Å²) in [6, 6.07) is 0.441. The molecule has 110 valence electrons. The number of hydrogen-bond acceptors (Lipinski definition) is 3. The molecule has 1 spiro atoms. The fourth-order valence-electron chi connectivity index (χ4n) is 3.19. The molecule has 19 heavy (non-hydrogen) atoms. The van der Waals surface area contributed by atoms with Crippen molar-refractivity contribution in [3.05, 3.63) is 0 Å². The van der Waals surface area contributed by atoms with Crippen molar-refractivity contribution in [2.24, 2.45) is 5.92 Å². The van der Waals surface area contributed by atoms with Crippen molar-refractivity contribution in [1.29, 1.82) is 0 Å². The van der Waals surface area contributed by atoms with Gasteiger partial charge in [-0.2, -0.15) is 0 Å². The lowest BCUT2D eigenvalue weighted by atomic mass is 9.89. The number of amides is 1. The van der Waals surface area contributed by atoms with Gasteiger partial charge < -0.3 is 15.4 Å². The molecular formula is C15H28N2O2. The van der Waals surface area contributed by atoms with E-state index in [-0.39, 0.29) is 11.5 Å². The Hall–Kier alpha value is -0.610. The van der Waals surface area contributed by atoms with Crippen molar-refractivity contribution in [3.8, 4) is 0 Å². The zero-order valence-corrected chi connectivity index (χ0v) is 12.3.